The van der Waals surface area contributed by atoms with Gasteiger partial charge in [0, 0.05) is 11.6 Å². The van der Waals surface area contributed by atoms with Crippen LogP contribution in [0, 0.1) is 0 Å². The van der Waals surface area contributed by atoms with E-state index < -0.39 is 0 Å². The highest BCUT2D eigenvalue weighted by Gasteiger charge is 2.15. The Morgan fingerprint density at radius 2 is 1.75 bits per heavy atom. The number of nitrogens with two attached hydrogens (primary N) is 1. The fourth-order valence-corrected chi connectivity index (χ4v) is 2.04. The molecule has 0 aromatic heterocycles. The number of rotatable bonds is 7. The van der Waals surface area contributed by atoms with E-state index in [4.69, 9.17) is 19.9 Å². The maximum atomic E-state index is 11.6. The SMILES string of the molecule is CCOC(=O)Cc1cc(OC)c(CC(C)N)cc1OC. The first-order valence-corrected chi connectivity index (χ1v) is 6.66. The van der Waals surface area contributed by atoms with Crippen LogP contribution in [0.4, 0.5) is 0 Å². The molecule has 0 amide bonds. The van der Waals surface area contributed by atoms with Crippen LogP contribution < -0.4 is 15.2 Å². The molecule has 1 atom stereocenters. The zero-order valence-electron chi connectivity index (χ0n) is 12.6. The molecule has 0 radical (unpaired) electrons. The number of esters is 1. The summed E-state index contributed by atoms with van der Waals surface area (Å²) in [5, 5.41) is 0. The van der Waals surface area contributed by atoms with Crippen LogP contribution in [-0.2, 0) is 22.4 Å². The Balaban J connectivity index is 3.08. The van der Waals surface area contributed by atoms with E-state index in [-0.39, 0.29) is 18.4 Å². The molecule has 0 heterocycles. The van der Waals surface area contributed by atoms with Crippen LogP contribution in [0.15, 0.2) is 12.1 Å². The smallest absolute Gasteiger partial charge is 0.310 e. The molecule has 1 rings (SSSR count). The van der Waals surface area contributed by atoms with E-state index in [9.17, 15) is 4.79 Å². The van der Waals surface area contributed by atoms with Crippen molar-refractivity contribution in [2.24, 2.45) is 5.73 Å². The molecule has 112 valence electrons. The van der Waals surface area contributed by atoms with Crippen LogP contribution in [0.2, 0.25) is 0 Å². The molecule has 5 heteroatoms. The molecule has 0 spiro atoms. The second kappa shape index (κ2) is 7.75. The van der Waals surface area contributed by atoms with Gasteiger partial charge in [0.05, 0.1) is 27.2 Å². The molecule has 1 aromatic carbocycles. The molecule has 20 heavy (non-hydrogen) atoms. The number of hydrogen-bond donors (Lipinski definition) is 1. The average Bonchev–Trinajstić information content (AvgIpc) is 2.39. The van der Waals surface area contributed by atoms with Gasteiger partial charge in [0.15, 0.2) is 0 Å². The van der Waals surface area contributed by atoms with Crippen LogP contribution in [0.1, 0.15) is 25.0 Å². The monoisotopic (exact) mass is 281 g/mol. The van der Waals surface area contributed by atoms with Gasteiger partial charge in [-0.25, -0.2) is 0 Å². The largest absolute Gasteiger partial charge is 0.496 e. The zero-order valence-corrected chi connectivity index (χ0v) is 12.6. The van der Waals surface area contributed by atoms with E-state index in [2.05, 4.69) is 0 Å². The lowest BCUT2D eigenvalue weighted by molar-refractivity contribution is -0.142. The minimum Gasteiger partial charge on any atom is -0.496 e. The van der Waals surface area contributed by atoms with Crippen LogP contribution in [0.5, 0.6) is 11.5 Å². The van der Waals surface area contributed by atoms with Crippen LogP contribution >= 0.6 is 0 Å². The second-order valence-corrected chi connectivity index (χ2v) is 4.64. The van der Waals surface area contributed by atoms with Gasteiger partial charge < -0.3 is 19.9 Å². The first-order chi connectivity index (χ1) is 9.51. The molecule has 5 nitrogen and oxygen atoms in total. The zero-order chi connectivity index (χ0) is 15.1. The molecular formula is C15H23NO4. The lowest BCUT2D eigenvalue weighted by Gasteiger charge is -2.16. The Morgan fingerprint density at radius 3 is 2.25 bits per heavy atom. The molecule has 0 fully saturated rings. The fourth-order valence-electron chi connectivity index (χ4n) is 2.04. The summed E-state index contributed by atoms with van der Waals surface area (Å²) in [6.45, 7) is 4.07. The number of hydrogen-bond acceptors (Lipinski definition) is 5. The summed E-state index contributed by atoms with van der Waals surface area (Å²) in [6.07, 6.45) is 0.838. The molecule has 1 unspecified atom stereocenters. The normalized spacial score (nSPS) is 11.8. The molecule has 0 saturated heterocycles. The van der Waals surface area contributed by atoms with E-state index in [1.54, 1.807) is 21.1 Å². The van der Waals surface area contributed by atoms with E-state index in [0.717, 1.165) is 11.1 Å². The van der Waals surface area contributed by atoms with Crippen molar-refractivity contribution in [3.8, 4) is 11.5 Å². The third-order valence-electron chi connectivity index (χ3n) is 2.87. The first-order valence-electron chi connectivity index (χ1n) is 6.66. The molecule has 0 aliphatic rings. The summed E-state index contributed by atoms with van der Waals surface area (Å²) in [4.78, 5) is 11.6. The first kappa shape index (κ1) is 16.3. The van der Waals surface area contributed by atoms with Crippen molar-refractivity contribution in [2.75, 3.05) is 20.8 Å². The molecule has 0 bridgehead atoms. The Bertz CT molecular complexity index is 457. The Hall–Kier alpha value is -1.75. The van der Waals surface area contributed by atoms with Crippen molar-refractivity contribution in [1.82, 2.24) is 0 Å². The standard InChI is InChI=1S/C15H23NO4/c1-5-20-15(17)9-12-8-13(18-3)11(6-10(2)16)7-14(12)19-4/h7-8,10H,5-6,9,16H2,1-4H3. The molecule has 0 aliphatic carbocycles. The summed E-state index contributed by atoms with van der Waals surface area (Å²) in [5.74, 6) is 1.07. The van der Waals surface area contributed by atoms with Crippen molar-refractivity contribution in [3.63, 3.8) is 0 Å². The summed E-state index contributed by atoms with van der Waals surface area (Å²) in [7, 11) is 3.17. The quantitative estimate of drug-likeness (QED) is 0.770. The van der Waals surface area contributed by atoms with Crippen LogP contribution in [0.25, 0.3) is 0 Å². The van der Waals surface area contributed by atoms with Crippen LogP contribution in [0.3, 0.4) is 0 Å². The number of carbonyl (C=O) groups excluding carboxylic acids is 1. The molecule has 0 aliphatic heterocycles. The van der Waals surface area contributed by atoms with Gasteiger partial charge in [-0.05, 0) is 38.0 Å². The molecule has 2 N–H and O–H groups in total. The third kappa shape index (κ3) is 4.42. The third-order valence-corrected chi connectivity index (χ3v) is 2.87. The fraction of sp³-hybridized carbons (Fsp3) is 0.533. The summed E-state index contributed by atoms with van der Waals surface area (Å²) >= 11 is 0. The van der Waals surface area contributed by atoms with Gasteiger partial charge in [0.2, 0.25) is 0 Å². The van der Waals surface area contributed by atoms with Gasteiger partial charge >= 0.3 is 5.97 Å². The predicted octanol–water partition coefficient (Wildman–Crippen LogP) is 1.70. The molecule has 0 saturated carbocycles. The lowest BCUT2D eigenvalue weighted by atomic mass is 10.0. The van der Waals surface area contributed by atoms with Crippen LogP contribution in [-0.4, -0.2) is 32.8 Å². The summed E-state index contributed by atoms with van der Waals surface area (Å²) in [5.41, 5.74) is 7.54. The lowest BCUT2D eigenvalue weighted by Crippen LogP contribution is -2.18. The van der Waals surface area contributed by atoms with E-state index in [1.807, 2.05) is 19.1 Å². The van der Waals surface area contributed by atoms with E-state index in [0.29, 0.717) is 24.5 Å². The summed E-state index contributed by atoms with van der Waals surface area (Å²) < 4.78 is 15.7. The number of carbonyl (C=O) groups is 1. The minimum atomic E-state index is -0.284. The van der Waals surface area contributed by atoms with Gasteiger partial charge in [-0.3, -0.25) is 4.79 Å². The maximum Gasteiger partial charge on any atom is 0.310 e. The highest BCUT2D eigenvalue weighted by molar-refractivity contribution is 5.74. The predicted molar refractivity (Wildman–Crippen MR) is 77.2 cm³/mol. The number of benzene rings is 1. The molecule has 1 aromatic rings. The van der Waals surface area contributed by atoms with Gasteiger partial charge in [-0.2, -0.15) is 0 Å². The Morgan fingerprint density at radius 1 is 1.20 bits per heavy atom. The summed E-state index contributed by atoms with van der Waals surface area (Å²) in [6, 6.07) is 3.70. The number of ether oxygens (including phenoxy) is 3. The van der Waals surface area contributed by atoms with Crippen molar-refractivity contribution in [3.05, 3.63) is 23.3 Å². The minimum absolute atomic E-state index is 0.0181. The van der Waals surface area contributed by atoms with Crippen molar-refractivity contribution < 1.29 is 19.0 Å². The van der Waals surface area contributed by atoms with Gasteiger partial charge in [-0.15, -0.1) is 0 Å². The van der Waals surface area contributed by atoms with E-state index >= 15 is 0 Å². The Kier molecular flexibility index (Phi) is 6.31. The second-order valence-electron chi connectivity index (χ2n) is 4.64. The topological polar surface area (TPSA) is 70.8 Å². The Labute approximate surface area is 120 Å². The van der Waals surface area contributed by atoms with Crippen molar-refractivity contribution in [2.45, 2.75) is 32.7 Å². The highest BCUT2D eigenvalue weighted by atomic mass is 16.5. The van der Waals surface area contributed by atoms with Gasteiger partial charge in [-0.1, -0.05) is 0 Å². The van der Waals surface area contributed by atoms with E-state index in [1.165, 1.54) is 0 Å². The number of methoxy groups -OCH3 is 2. The van der Waals surface area contributed by atoms with Crippen molar-refractivity contribution >= 4 is 5.97 Å². The maximum absolute atomic E-state index is 11.6. The van der Waals surface area contributed by atoms with Gasteiger partial charge in [0.1, 0.15) is 11.5 Å². The highest BCUT2D eigenvalue weighted by Crippen LogP contribution is 2.30. The van der Waals surface area contributed by atoms with Crippen molar-refractivity contribution in [1.29, 1.82) is 0 Å². The average molecular weight is 281 g/mol. The molecular weight excluding hydrogens is 258 g/mol. The van der Waals surface area contributed by atoms with Gasteiger partial charge in [0.25, 0.3) is 0 Å².